The van der Waals surface area contributed by atoms with Gasteiger partial charge in [-0.25, -0.2) is 4.68 Å². The molecule has 0 aliphatic heterocycles. The zero-order valence-electron chi connectivity index (χ0n) is 10.2. The van der Waals surface area contributed by atoms with Crippen LogP contribution in [-0.2, 0) is 20.1 Å². The molecule has 2 aromatic heterocycles. The average molecular weight is 268 g/mol. The minimum Gasteiger partial charge on any atom is -0.377 e. The highest BCUT2D eigenvalue weighted by molar-refractivity contribution is 6.32. The number of halogens is 1. The van der Waals surface area contributed by atoms with Gasteiger partial charge in [-0.2, -0.15) is 10.2 Å². The van der Waals surface area contributed by atoms with Crippen LogP contribution in [0.2, 0.25) is 5.02 Å². The van der Waals surface area contributed by atoms with E-state index in [1.54, 1.807) is 10.9 Å². The quantitative estimate of drug-likeness (QED) is 0.906. The summed E-state index contributed by atoms with van der Waals surface area (Å²) in [5, 5.41) is 11.4. The van der Waals surface area contributed by atoms with Gasteiger partial charge in [0.15, 0.2) is 0 Å². The first kappa shape index (κ1) is 12.6. The van der Waals surface area contributed by atoms with Crippen LogP contribution in [0.3, 0.4) is 0 Å². The number of nitrogens with one attached hydrogen (secondary N) is 1. The van der Waals surface area contributed by atoms with E-state index in [9.17, 15) is 4.79 Å². The molecule has 0 aromatic carbocycles. The molecule has 0 atom stereocenters. The molecule has 0 unspecified atom stereocenters. The van der Waals surface area contributed by atoms with Gasteiger partial charge < -0.3 is 5.32 Å². The third-order valence-corrected chi connectivity index (χ3v) is 2.88. The van der Waals surface area contributed by atoms with Crippen molar-refractivity contribution in [2.24, 2.45) is 7.05 Å². The van der Waals surface area contributed by atoms with Gasteiger partial charge in [-0.15, -0.1) is 0 Å². The lowest BCUT2D eigenvalue weighted by atomic mass is 10.4. The van der Waals surface area contributed by atoms with E-state index in [0.29, 0.717) is 18.8 Å². The van der Waals surface area contributed by atoms with E-state index in [4.69, 9.17) is 11.6 Å². The van der Waals surface area contributed by atoms with Gasteiger partial charge in [-0.1, -0.05) is 11.6 Å². The highest BCUT2D eigenvalue weighted by Crippen LogP contribution is 2.15. The molecule has 2 heterocycles. The summed E-state index contributed by atoms with van der Waals surface area (Å²) in [6, 6.07) is 1.89. The Kier molecular flexibility index (Phi) is 3.66. The molecule has 2 aromatic rings. The number of anilines is 1. The van der Waals surface area contributed by atoms with Gasteiger partial charge in [0.25, 0.3) is 5.56 Å². The Morgan fingerprint density at radius 3 is 2.89 bits per heavy atom. The van der Waals surface area contributed by atoms with Crippen molar-refractivity contribution in [1.82, 2.24) is 19.6 Å². The summed E-state index contributed by atoms with van der Waals surface area (Å²) in [6.45, 7) is 2.84. The van der Waals surface area contributed by atoms with E-state index >= 15 is 0 Å². The molecule has 0 aliphatic carbocycles. The summed E-state index contributed by atoms with van der Waals surface area (Å²) in [4.78, 5) is 11.7. The predicted molar refractivity (Wildman–Crippen MR) is 69.7 cm³/mol. The van der Waals surface area contributed by atoms with Crippen LogP contribution >= 0.6 is 11.6 Å². The maximum Gasteiger partial charge on any atom is 0.287 e. The Morgan fingerprint density at radius 2 is 2.28 bits per heavy atom. The lowest BCUT2D eigenvalue weighted by molar-refractivity contribution is 0.616. The molecular formula is C11H14ClN5O. The van der Waals surface area contributed by atoms with Gasteiger partial charge in [0.2, 0.25) is 0 Å². The summed E-state index contributed by atoms with van der Waals surface area (Å²) in [6.07, 6.45) is 3.40. The van der Waals surface area contributed by atoms with E-state index < -0.39 is 0 Å². The maximum absolute atomic E-state index is 11.7. The number of hydrogen-bond donors (Lipinski definition) is 1. The van der Waals surface area contributed by atoms with Crippen molar-refractivity contribution >= 4 is 17.3 Å². The largest absolute Gasteiger partial charge is 0.377 e. The second kappa shape index (κ2) is 5.22. The molecule has 0 fully saturated rings. The van der Waals surface area contributed by atoms with Crippen LogP contribution in [0.4, 0.5) is 5.69 Å². The first-order valence-corrected chi connectivity index (χ1v) is 5.97. The van der Waals surface area contributed by atoms with Gasteiger partial charge in [-0.3, -0.25) is 9.48 Å². The van der Waals surface area contributed by atoms with Crippen molar-refractivity contribution in [3.63, 3.8) is 0 Å². The van der Waals surface area contributed by atoms with E-state index in [1.165, 1.54) is 4.68 Å². The van der Waals surface area contributed by atoms with Crippen LogP contribution in [0.5, 0.6) is 0 Å². The van der Waals surface area contributed by atoms with E-state index in [2.05, 4.69) is 15.5 Å². The molecule has 0 spiro atoms. The number of nitrogens with zero attached hydrogens (tertiary/aromatic N) is 4. The lowest BCUT2D eigenvalue weighted by Gasteiger charge is -2.07. The Bertz CT molecular complexity index is 604. The van der Waals surface area contributed by atoms with Gasteiger partial charge in [0.1, 0.15) is 5.02 Å². The first-order valence-electron chi connectivity index (χ1n) is 5.60. The summed E-state index contributed by atoms with van der Waals surface area (Å²) in [7, 11) is 1.85. The molecule has 2 rings (SSSR count). The molecule has 96 valence electrons. The molecule has 6 nitrogen and oxygen atoms in total. The highest BCUT2D eigenvalue weighted by atomic mass is 35.5. The monoisotopic (exact) mass is 267 g/mol. The van der Waals surface area contributed by atoms with Gasteiger partial charge in [-0.05, 0) is 13.0 Å². The Hall–Kier alpha value is -1.82. The summed E-state index contributed by atoms with van der Waals surface area (Å²) >= 11 is 5.99. The van der Waals surface area contributed by atoms with Gasteiger partial charge in [0, 0.05) is 19.8 Å². The molecule has 1 N–H and O–H groups in total. The Morgan fingerprint density at radius 1 is 1.50 bits per heavy atom. The van der Waals surface area contributed by atoms with E-state index in [1.807, 2.05) is 26.2 Å². The van der Waals surface area contributed by atoms with E-state index in [-0.39, 0.29) is 10.6 Å². The van der Waals surface area contributed by atoms with Crippen molar-refractivity contribution in [1.29, 1.82) is 0 Å². The third kappa shape index (κ3) is 2.53. The molecule has 0 amide bonds. The summed E-state index contributed by atoms with van der Waals surface area (Å²) in [5.41, 5.74) is 1.11. The number of aromatic nitrogens is 4. The molecule has 0 saturated carbocycles. The molecule has 0 bridgehead atoms. The van der Waals surface area contributed by atoms with Crippen molar-refractivity contribution in [3.05, 3.63) is 39.5 Å². The SMILES string of the molecule is CCn1ncc(NCc2ccn(C)n2)c(Cl)c1=O. The second-order valence-corrected chi connectivity index (χ2v) is 4.21. The number of rotatable bonds is 4. The number of aryl methyl sites for hydroxylation is 2. The Labute approximate surface area is 109 Å². The molecule has 18 heavy (non-hydrogen) atoms. The predicted octanol–water partition coefficient (Wildman–Crippen LogP) is 1.26. The summed E-state index contributed by atoms with van der Waals surface area (Å²) < 4.78 is 3.03. The summed E-state index contributed by atoms with van der Waals surface area (Å²) in [5.74, 6) is 0. The Balaban J connectivity index is 2.15. The van der Waals surface area contributed by atoms with Crippen LogP contribution in [0, 0.1) is 0 Å². The van der Waals surface area contributed by atoms with Gasteiger partial charge in [0.05, 0.1) is 24.1 Å². The number of hydrogen-bond acceptors (Lipinski definition) is 4. The molecule has 7 heteroatoms. The van der Waals surface area contributed by atoms with Crippen LogP contribution in [0.25, 0.3) is 0 Å². The van der Waals surface area contributed by atoms with E-state index in [0.717, 1.165) is 5.69 Å². The van der Waals surface area contributed by atoms with Gasteiger partial charge >= 0.3 is 0 Å². The zero-order valence-corrected chi connectivity index (χ0v) is 11.0. The second-order valence-electron chi connectivity index (χ2n) is 3.83. The normalized spacial score (nSPS) is 10.6. The fraction of sp³-hybridized carbons (Fsp3) is 0.364. The minimum absolute atomic E-state index is 0.155. The van der Waals surface area contributed by atoms with Crippen LogP contribution in [0.15, 0.2) is 23.3 Å². The van der Waals surface area contributed by atoms with Crippen molar-refractivity contribution < 1.29 is 0 Å². The minimum atomic E-state index is -0.287. The standard InChI is InChI=1S/C11H14ClN5O/c1-3-17-11(18)10(12)9(7-14-17)13-6-8-4-5-16(2)15-8/h4-5,7,13H,3,6H2,1-2H3. The molecule has 0 radical (unpaired) electrons. The van der Waals surface area contributed by atoms with Crippen LogP contribution < -0.4 is 10.9 Å². The molecule has 0 saturated heterocycles. The van der Waals surface area contributed by atoms with Crippen LogP contribution in [0.1, 0.15) is 12.6 Å². The third-order valence-electron chi connectivity index (χ3n) is 2.51. The fourth-order valence-corrected chi connectivity index (χ4v) is 1.77. The average Bonchev–Trinajstić information content (AvgIpc) is 2.77. The van der Waals surface area contributed by atoms with Crippen molar-refractivity contribution in [2.75, 3.05) is 5.32 Å². The molecular weight excluding hydrogens is 254 g/mol. The highest BCUT2D eigenvalue weighted by Gasteiger charge is 2.08. The smallest absolute Gasteiger partial charge is 0.287 e. The zero-order chi connectivity index (χ0) is 13.1. The van der Waals surface area contributed by atoms with Crippen LogP contribution in [-0.4, -0.2) is 19.6 Å². The maximum atomic E-state index is 11.7. The topological polar surface area (TPSA) is 64.7 Å². The lowest BCUT2D eigenvalue weighted by Crippen LogP contribution is -2.23. The molecule has 0 aliphatic rings. The first-order chi connectivity index (χ1) is 8.61. The van der Waals surface area contributed by atoms with Crippen molar-refractivity contribution in [3.8, 4) is 0 Å². The fourth-order valence-electron chi connectivity index (χ4n) is 1.56. The van der Waals surface area contributed by atoms with Crippen molar-refractivity contribution in [2.45, 2.75) is 20.0 Å².